The summed E-state index contributed by atoms with van der Waals surface area (Å²) < 4.78 is 7.95. The highest BCUT2D eigenvalue weighted by molar-refractivity contribution is 14.0. The van der Waals surface area contributed by atoms with Crippen molar-refractivity contribution in [1.29, 1.82) is 0 Å². The molecule has 1 aromatic rings. The summed E-state index contributed by atoms with van der Waals surface area (Å²) in [7, 11) is 0. The first-order valence-electron chi connectivity index (χ1n) is 10.8. The van der Waals surface area contributed by atoms with Gasteiger partial charge in [-0.2, -0.15) is 0 Å². The van der Waals surface area contributed by atoms with Crippen molar-refractivity contribution in [3.05, 3.63) is 11.6 Å². The lowest BCUT2D eigenvalue weighted by Gasteiger charge is -2.21. The molecule has 0 saturated carbocycles. The smallest absolute Gasteiger partial charge is 0.193 e. The molecule has 3 heterocycles. The Morgan fingerprint density at radius 1 is 1.21 bits per heavy atom. The summed E-state index contributed by atoms with van der Waals surface area (Å²) in [4.78, 5) is 7.26. The van der Waals surface area contributed by atoms with Crippen molar-refractivity contribution in [1.82, 2.24) is 25.0 Å². The van der Waals surface area contributed by atoms with Crippen LogP contribution in [0.1, 0.15) is 57.6 Å². The van der Waals surface area contributed by atoms with Crippen molar-refractivity contribution in [2.45, 2.75) is 65.3 Å². The number of rotatable bonds is 8. The van der Waals surface area contributed by atoms with Crippen LogP contribution in [0, 0.1) is 5.92 Å². The van der Waals surface area contributed by atoms with Gasteiger partial charge in [0.05, 0.1) is 6.61 Å². The van der Waals surface area contributed by atoms with Gasteiger partial charge in [0, 0.05) is 58.1 Å². The summed E-state index contributed by atoms with van der Waals surface area (Å²) >= 11 is 0. The van der Waals surface area contributed by atoms with Crippen molar-refractivity contribution >= 4 is 29.9 Å². The second kappa shape index (κ2) is 12.6. The number of guanidine groups is 1. The van der Waals surface area contributed by atoms with E-state index in [2.05, 4.69) is 38.8 Å². The third kappa shape index (κ3) is 6.57. The van der Waals surface area contributed by atoms with Crippen LogP contribution >= 0.6 is 24.0 Å². The van der Waals surface area contributed by atoms with Crippen LogP contribution in [0.4, 0.5) is 0 Å². The summed E-state index contributed by atoms with van der Waals surface area (Å²) in [5, 5.41) is 12.3. The van der Waals surface area contributed by atoms with Crippen molar-refractivity contribution in [2.24, 2.45) is 10.9 Å². The van der Waals surface area contributed by atoms with E-state index < -0.39 is 0 Å². The number of hydrogen-bond donors (Lipinski definition) is 1. The van der Waals surface area contributed by atoms with Crippen LogP contribution in [0.2, 0.25) is 0 Å². The van der Waals surface area contributed by atoms with Crippen molar-refractivity contribution < 1.29 is 4.74 Å². The van der Waals surface area contributed by atoms with Gasteiger partial charge >= 0.3 is 0 Å². The van der Waals surface area contributed by atoms with Crippen LogP contribution in [0.3, 0.4) is 0 Å². The predicted octanol–water partition coefficient (Wildman–Crippen LogP) is 2.88. The lowest BCUT2D eigenvalue weighted by atomic mass is 10.1. The molecule has 28 heavy (non-hydrogen) atoms. The van der Waals surface area contributed by atoms with Gasteiger partial charge in [-0.15, -0.1) is 34.2 Å². The van der Waals surface area contributed by atoms with Crippen molar-refractivity contribution in [3.63, 3.8) is 0 Å². The van der Waals surface area contributed by atoms with E-state index in [0.29, 0.717) is 5.92 Å². The maximum Gasteiger partial charge on any atom is 0.193 e. The number of fused-ring (bicyclic) bond motifs is 1. The second-order valence-electron chi connectivity index (χ2n) is 7.59. The third-order valence-electron chi connectivity index (χ3n) is 5.48. The van der Waals surface area contributed by atoms with Crippen LogP contribution < -0.4 is 5.32 Å². The quantitative estimate of drug-likeness (QED) is 0.255. The molecule has 1 atom stereocenters. The summed E-state index contributed by atoms with van der Waals surface area (Å²) in [5.74, 6) is 4.00. The minimum atomic E-state index is 0. The number of halogens is 1. The molecule has 2 aliphatic heterocycles. The fourth-order valence-electron chi connectivity index (χ4n) is 4.02. The average Bonchev–Trinajstić information content (AvgIpc) is 3.23. The first-order chi connectivity index (χ1) is 13.3. The zero-order valence-corrected chi connectivity index (χ0v) is 19.9. The monoisotopic (exact) mass is 504 g/mol. The van der Waals surface area contributed by atoms with E-state index in [0.717, 1.165) is 77.0 Å². The minimum absolute atomic E-state index is 0. The molecule has 7 nitrogen and oxygen atoms in total. The first kappa shape index (κ1) is 23.4. The van der Waals surface area contributed by atoms with Gasteiger partial charge in [0.1, 0.15) is 11.6 Å². The SMILES string of the molecule is CCNC(=NCCCc1nnc2n1CCCCC2)N1CCC(COCC)C1.I. The normalized spacial score (nSPS) is 19.9. The minimum Gasteiger partial charge on any atom is -0.381 e. The molecule has 8 heteroatoms. The number of aryl methyl sites for hydroxylation is 2. The number of ether oxygens (including phenoxy) is 1. The molecule has 0 amide bonds. The molecule has 0 spiro atoms. The average molecular weight is 504 g/mol. The van der Waals surface area contributed by atoms with Crippen LogP contribution in [-0.2, 0) is 24.1 Å². The Morgan fingerprint density at radius 2 is 2.11 bits per heavy atom. The fourth-order valence-corrected chi connectivity index (χ4v) is 4.02. The topological polar surface area (TPSA) is 67.6 Å². The molecule has 1 saturated heterocycles. The third-order valence-corrected chi connectivity index (χ3v) is 5.48. The molecule has 0 aliphatic carbocycles. The zero-order valence-electron chi connectivity index (χ0n) is 17.5. The first-order valence-corrected chi connectivity index (χ1v) is 10.8. The second-order valence-corrected chi connectivity index (χ2v) is 7.59. The van der Waals surface area contributed by atoms with E-state index in [1.54, 1.807) is 0 Å². The predicted molar refractivity (Wildman–Crippen MR) is 123 cm³/mol. The number of nitrogens with one attached hydrogen (secondary N) is 1. The Bertz CT molecular complexity index is 606. The number of aliphatic imine (C=N–C) groups is 1. The van der Waals surface area contributed by atoms with Gasteiger partial charge in [0.2, 0.25) is 0 Å². The Morgan fingerprint density at radius 3 is 2.93 bits per heavy atom. The maximum absolute atomic E-state index is 5.60. The van der Waals surface area contributed by atoms with Gasteiger partial charge in [0.25, 0.3) is 0 Å². The maximum atomic E-state index is 5.60. The van der Waals surface area contributed by atoms with Gasteiger partial charge in [0.15, 0.2) is 5.96 Å². The summed E-state index contributed by atoms with van der Waals surface area (Å²) in [6.45, 7) is 10.8. The van der Waals surface area contributed by atoms with Crippen molar-refractivity contribution in [3.8, 4) is 0 Å². The van der Waals surface area contributed by atoms with E-state index >= 15 is 0 Å². The highest BCUT2D eigenvalue weighted by Gasteiger charge is 2.24. The molecule has 1 unspecified atom stereocenters. The van der Waals surface area contributed by atoms with Crippen LogP contribution in [0.15, 0.2) is 4.99 Å². The van der Waals surface area contributed by atoms with Gasteiger partial charge in [-0.1, -0.05) is 6.42 Å². The molecule has 1 aromatic heterocycles. The molecule has 1 N–H and O–H groups in total. The zero-order chi connectivity index (χ0) is 18.9. The van der Waals surface area contributed by atoms with Gasteiger partial charge in [-0.3, -0.25) is 4.99 Å². The van der Waals surface area contributed by atoms with E-state index in [9.17, 15) is 0 Å². The standard InChI is InChI=1S/C20H36N6O.HI/c1-3-21-20(25-14-11-17(15-25)16-27-4-2)22-12-8-10-19-24-23-18-9-6-5-7-13-26(18)19;/h17H,3-16H2,1-2H3,(H,21,22);1H. The van der Waals surface area contributed by atoms with E-state index in [-0.39, 0.29) is 24.0 Å². The molecular formula is C20H37IN6O. The molecular weight excluding hydrogens is 467 g/mol. The van der Waals surface area contributed by atoms with Crippen LogP contribution in [0.25, 0.3) is 0 Å². The highest BCUT2D eigenvalue weighted by Crippen LogP contribution is 2.17. The molecule has 0 bridgehead atoms. The fraction of sp³-hybridized carbons (Fsp3) is 0.850. The Balaban J connectivity index is 0.00000280. The Kier molecular flexibility index (Phi) is 10.5. The van der Waals surface area contributed by atoms with Crippen molar-refractivity contribution in [2.75, 3.05) is 39.4 Å². The number of nitrogens with zero attached hydrogens (tertiary/aromatic N) is 5. The van der Waals surface area contributed by atoms with E-state index in [1.165, 1.54) is 31.5 Å². The summed E-state index contributed by atoms with van der Waals surface area (Å²) in [5.41, 5.74) is 0. The number of likely N-dealkylation sites (tertiary alicyclic amines) is 1. The van der Waals surface area contributed by atoms with Gasteiger partial charge in [-0.25, -0.2) is 0 Å². The Labute approximate surface area is 186 Å². The van der Waals surface area contributed by atoms with E-state index in [4.69, 9.17) is 9.73 Å². The van der Waals surface area contributed by atoms with E-state index in [1.807, 2.05) is 0 Å². The molecule has 1 fully saturated rings. The molecule has 2 aliphatic rings. The van der Waals surface area contributed by atoms with Gasteiger partial charge < -0.3 is 19.5 Å². The number of aromatic nitrogens is 3. The van der Waals surface area contributed by atoms with Crippen LogP contribution in [0.5, 0.6) is 0 Å². The molecule has 0 radical (unpaired) electrons. The van der Waals surface area contributed by atoms with Gasteiger partial charge in [-0.05, 0) is 39.5 Å². The number of hydrogen-bond acceptors (Lipinski definition) is 4. The Hall–Kier alpha value is -0.900. The molecule has 3 rings (SSSR count). The van der Waals surface area contributed by atoms with Crippen LogP contribution in [-0.4, -0.2) is 65.0 Å². The highest BCUT2D eigenvalue weighted by atomic mass is 127. The summed E-state index contributed by atoms with van der Waals surface area (Å²) in [6, 6.07) is 0. The summed E-state index contributed by atoms with van der Waals surface area (Å²) in [6.07, 6.45) is 8.04. The lowest BCUT2D eigenvalue weighted by molar-refractivity contribution is 0.114. The molecule has 0 aromatic carbocycles. The largest absolute Gasteiger partial charge is 0.381 e. The lowest BCUT2D eigenvalue weighted by Crippen LogP contribution is -2.40. The molecule has 160 valence electrons.